The topological polar surface area (TPSA) is 101 Å². The molecule has 0 bridgehead atoms. The highest BCUT2D eigenvalue weighted by Crippen LogP contribution is 2.23. The van der Waals surface area contributed by atoms with Gasteiger partial charge in [-0.25, -0.2) is 16.8 Å². The van der Waals surface area contributed by atoms with Crippen molar-refractivity contribution in [3.05, 3.63) is 59.7 Å². The van der Waals surface area contributed by atoms with Gasteiger partial charge in [-0.05, 0) is 36.8 Å². The second-order valence-electron chi connectivity index (χ2n) is 6.28. The van der Waals surface area contributed by atoms with Crippen molar-refractivity contribution in [2.24, 2.45) is 0 Å². The van der Waals surface area contributed by atoms with Gasteiger partial charge >= 0.3 is 0 Å². The fourth-order valence-electron chi connectivity index (χ4n) is 2.48. The minimum absolute atomic E-state index is 0.199. The number of sulfone groups is 1. The van der Waals surface area contributed by atoms with E-state index in [1.54, 1.807) is 43.3 Å². The van der Waals surface area contributed by atoms with E-state index in [4.69, 9.17) is 0 Å². The normalized spacial score (nSPS) is 13.0. The smallest absolute Gasteiger partial charge is 0.253 e. The van der Waals surface area contributed by atoms with Gasteiger partial charge in [-0.15, -0.1) is 0 Å². The first-order valence-corrected chi connectivity index (χ1v) is 11.8. The Balaban J connectivity index is 2.25. The number of sulfonamides is 1. The van der Waals surface area contributed by atoms with Crippen LogP contribution >= 0.6 is 0 Å². The lowest BCUT2D eigenvalue weighted by Crippen LogP contribution is -2.31. The lowest BCUT2D eigenvalue weighted by Gasteiger charge is -2.21. The third kappa shape index (κ3) is 5.08. The molecule has 0 aromatic heterocycles. The summed E-state index contributed by atoms with van der Waals surface area (Å²) in [6.07, 6.45) is 2.19. The predicted octanol–water partition coefficient (Wildman–Crippen LogP) is 1.98. The standard InChI is InChI=1S/C18H22N2O5S2/c1-13(14-9-11-15(12-10-14)26(3,22)23)19-18(21)16-7-5-6-8-17(16)20(2)27(4,24)25/h5-13H,1-4H3,(H,19,21). The van der Waals surface area contributed by atoms with Crippen LogP contribution in [0.5, 0.6) is 0 Å². The molecule has 1 amide bonds. The number of rotatable bonds is 6. The average molecular weight is 411 g/mol. The van der Waals surface area contributed by atoms with Gasteiger partial charge in [0.2, 0.25) is 10.0 Å². The van der Waals surface area contributed by atoms with Crippen molar-refractivity contribution in [1.29, 1.82) is 0 Å². The van der Waals surface area contributed by atoms with E-state index >= 15 is 0 Å². The van der Waals surface area contributed by atoms with E-state index in [-0.39, 0.29) is 16.1 Å². The Morgan fingerprint density at radius 2 is 1.52 bits per heavy atom. The molecule has 2 aromatic rings. The summed E-state index contributed by atoms with van der Waals surface area (Å²) in [6, 6.07) is 12.3. The first kappa shape index (κ1) is 20.9. The summed E-state index contributed by atoms with van der Waals surface area (Å²) < 4.78 is 47.7. The summed E-state index contributed by atoms with van der Waals surface area (Å²) >= 11 is 0. The number of benzene rings is 2. The molecule has 0 spiro atoms. The number of carbonyl (C=O) groups is 1. The zero-order valence-electron chi connectivity index (χ0n) is 15.5. The van der Waals surface area contributed by atoms with Gasteiger partial charge in [0.1, 0.15) is 0 Å². The second kappa shape index (κ2) is 7.69. The molecule has 146 valence electrons. The Bertz CT molecular complexity index is 1050. The largest absolute Gasteiger partial charge is 0.345 e. The molecule has 0 saturated carbocycles. The maximum atomic E-state index is 12.7. The molecule has 0 saturated heterocycles. The van der Waals surface area contributed by atoms with Crippen LogP contribution in [0.4, 0.5) is 5.69 Å². The summed E-state index contributed by atoms with van der Waals surface area (Å²) in [4.78, 5) is 12.9. The van der Waals surface area contributed by atoms with Crippen molar-refractivity contribution < 1.29 is 21.6 Å². The van der Waals surface area contributed by atoms with Gasteiger partial charge in [-0.1, -0.05) is 24.3 Å². The van der Waals surface area contributed by atoms with Crippen LogP contribution in [0.15, 0.2) is 53.4 Å². The summed E-state index contributed by atoms with van der Waals surface area (Å²) in [6.45, 7) is 1.76. The van der Waals surface area contributed by atoms with E-state index in [0.29, 0.717) is 0 Å². The van der Waals surface area contributed by atoms with Crippen LogP contribution in [0.25, 0.3) is 0 Å². The SMILES string of the molecule is CC(NC(=O)c1ccccc1N(C)S(C)(=O)=O)c1ccc(S(C)(=O)=O)cc1. The maximum absolute atomic E-state index is 12.7. The molecule has 7 nitrogen and oxygen atoms in total. The molecule has 1 N–H and O–H groups in total. The van der Waals surface area contributed by atoms with Crippen LogP contribution in [0.3, 0.4) is 0 Å². The zero-order valence-corrected chi connectivity index (χ0v) is 17.1. The van der Waals surface area contributed by atoms with Gasteiger partial charge in [0.25, 0.3) is 5.91 Å². The van der Waals surface area contributed by atoms with E-state index < -0.39 is 31.8 Å². The van der Waals surface area contributed by atoms with Crippen molar-refractivity contribution in [3.63, 3.8) is 0 Å². The fraction of sp³-hybridized carbons (Fsp3) is 0.278. The van der Waals surface area contributed by atoms with E-state index in [1.807, 2.05) is 0 Å². The Morgan fingerprint density at radius 1 is 0.963 bits per heavy atom. The van der Waals surface area contributed by atoms with Crippen LogP contribution in [-0.4, -0.2) is 42.3 Å². The van der Waals surface area contributed by atoms with Gasteiger partial charge in [-0.2, -0.15) is 0 Å². The number of nitrogens with one attached hydrogen (secondary N) is 1. The molecule has 1 atom stereocenters. The molecule has 0 heterocycles. The lowest BCUT2D eigenvalue weighted by molar-refractivity contribution is 0.0940. The minimum atomic E-state index is -3.51. The van der Waals surface area contributed by atoms with Crippen molar-refractivity contribution >= 4 is 31.5 Å². The Hall–Kier alpha value is -2.39. The minimum Gasteiger partial charge on any atom is -0.345 e. The molecule has 0 aliphatic carbocycles. The maximum Gasteiger partial charge on any atom is 0.253 e. The molecule has 0 aliphatic rings. The number of nitrogens with zero attached hydrogens (tertiary/aromatic N) is 1. The van der Waals surface area contributed by atoms with Crippen LogP contribution < -0.4 is 9.62 Å². The first-order valence-electron chi connectivity index (χ1n) is 8.05. The lowest BCUT2D eigenvalue weighted by atomic mass is 10.1. The summed E-state index contributed by atoms with van der Waals surface area (Å²) in [7, 11) is -5.42. The molecule has 2 rings (SSSR count). The second-order valence-corrected chi connectivity index (χ2v) is 10.3. The van der Waals surface area contributed by atoms with Gasteiger partial charge in [0.15, 0.2) is 9.84 Å². The Morgan fingerprint density at radius 3 is 2.04 bits per heavy atom. The van der Waals surface area contributed by atoms with Crippen molar-refractivity contribution in [2.75, 3.05) is 23.9 Å². The highest BCUT2D eigenvalue weighted by atomic mass is 32.2. The summed E-state index contributed by atoms with van der Waals surface area (Å²) in [5.74, 6) is -0.430. The van der Waals surface area contributed by atoms with Crippen LogP contribution in [0, 0.1) is 0 Å². The fourth-order valence-corrected chi connectivity index (χ4v) is 3.63. The molecule has 0 radical (unpaired) electrons. The predicted molar refractivity (Wildman–Crippen MR) is 105 cm³/mol. The van der Waals surface area contributed by atoms with Crippen LogP contribution in [0.1, 0.15) is 28.9 Å². The van der Waals surface area contributed by atoms with Crippen molar-refractivity contribution in [2.45, 2.75) is 17.9 Å². The van der Waals surface area contributed by atoms with Gasteiger partial charge in [0.05, 0.1) is 28.4 Å². The van der Waals surface area contributed by atoms with Gasteiger partial charge < -0.3 is 5.32 Å². The molecule has 0 fully saturated rings. The van der Waals surface area contributed by atoms with Gasteiger partial charge in [-0.3, -0.25) is 9.10 Å². The molecular formula is C18H22N2O5S2. The number of hydrogen-bond donors (Lipinski definition) is 1. The molecule has 9 heteroatoms. The zero-order chi connectivity index (χ0) is 20.4. The van der Waals surface area contributed by atoms with E-state index in [0.717, 1.165) is 22.4 Å². The average Bonchev–Trinajstić information content (AvgIpc) is 2.59. The van der Waals surface area contributed by atoms with E-state index in [1.165, 1.54) is 19.2 Å². The highest BCUT2D eigenvalue weighted by molar-refractivity contribution is 7.92. The molecular weight excluding hydrogens is 388 g/mol. The number of hydrogen-bond acceptors (Lipinski definition) is 5. The number of carbonyl (C=O) groups excluding carboxylic acids is 1. The van der Waals surface area contributed by atoms with Crippen molar-refractivity contribution in [3.8, 4) is 0 Å². The monoisotopic (exact) mass is 410 g/mol. The van der Waals surface area contributed by atoms with Crippen molar-refractivity contribution in [1.82, 2.24) is 5.32 Å². The summed E-state index contributed by atoms with van der Waals surface area (Å²) in [5.41, 5.74) is 1.23. The third-order valence-electron chi connectivity index (χ3n) is 4.14. The van der Waals surface area contributed by atoms with Gasteiger partial charge in [0, 0.05) is 13.3 Å². The Labute approximate surface area is 160 Å². The molecule has 27 heavy (non-hydrogen) atoms. The Kier molecular flexibility index (Phi) is 5.96. The molecule has 2 aromatic carbocycles. The summed E-state index contributed by atoms with van der Waals surface area (Å²) in [5, 5.41) is 2.81. The molecule has 1 unspecified atom stereocenters. The molecule has 0 aliphatic heterocycles. The van der Waals surface area contributed by atoms with Crippen LogP contribution in [0.2, 0.25) is 0 Å². The van der Waals surface area contributed by atoms with E-state index in [9.17, 15) is 21.6 Å². The number of para-hydroxylation sites is 1. The van der Waals surface area contributed by atoms with E-state index in [2.05, 4.69) is 5.32 Å². The quantitative estimate of drug-likeness (QED) is 0.785. The third-order valence-corrected chi connectivity index (χ3v) is 6.46. The number of amides is 1. The first-order chi connectivity index (χ1) is 12.4. The van der Waals surface area contributed by atoms with Crippen LogP contribution in [-0.2, 0) is 19.9 Å². The number of anilines is 1. The highest BCUT2D eigenvalue weighted by Gasteiger charge is 2.21.